The van der Waals surface area contributed by atoms with Crippen molar-refractivity contribution in [3.8, 4) is 5.75 Å². The van der Waals surface area contributed by atoms with Crippen LogP contribution in [0.2, 0.25) is 0 Å². The molecular formula is C10H14N2O3S2. The Labute approximate surface area is 110 Å². The van der Waals surface area contributed by atoms with Crippen LogP contribution < -0.4 is 11.1 Å². The van der Waals surface area contributed by atoms with Crippen molar-refractivity contribution < 1.29 is 14.6 Å². The molecule has 0 aromatic heterocycles. The Kier molecular flexibility index (Phi) is 7.91. The van der Waals surface area contributed by atoms with Crippen LogP contribution in [0.3, 0.4) is 0 Å². The lowest BCUT2D eigenvalue weighted by Gasteiger charge is -2.05. The minimum Gasteiger partial charge on any atom is -0.508 e. The van der Waals surface area contributed by atoms with Crippen molar-refractivity contribution in [1.82, 2.24) is 5.32 Å². The monoisotopic (exact) mass is 274 g/mol. The van der Waals surface area contributed by atoms with Gasteiger partial charge >= 0.3 is 0 Å². The fourth-order valence-corrected chi connectivity index (χ4v) is 0.932. The lowest BCUT2D eigenvalue weighted by molar-refractivity contribution is 0.267. The van der Waals surface area contributed by atoms with Crippen LogP contribution in [0.1, 0.15) is 5.56 Å². The quantitative estimate of drug-likeness (QED) is 0.484. The molecule has 0 spiro atoms. The molecule has 1 amide bonds. The number of carbonyl (C=O) groups is 1. The molecule has 0 unspecified atom stereocenters. The maximum atomic E-state index is 9.09. The third-order valence-corrected chi connectivity index (χ3v) is 1.87. The number of methoxy groups -OCH3 is 1. The maximum Gasteiger partial charge on any atom is 0.273 e. The maximum absolute atomic E-state index is 9.09. The van der Waals surface area contributed by atoms with Gasteiger partial charge in [-0.25, -0.2) is 0 Å². The lowest BCUT2D eigenvalue weighted by atomic mass is 10.2. The van der Waals surface area contributed by atoms with Gasteiger partial charge in [0.05, 0.1) is 7.11 Å². The number of phenols is 1. The second kappa shape index (κ2) is 8.66. The highest BCUT2D eigenvalue weighted by atomic mass is 32.1. The van der Waals surface area contributed by atoms with E-state index in [1.165, 1.54) is 7.11 Å². The fourth-order valence-electron chi connectivity index (χ4n) is 0.860. The van der Waals surface area contributed by atoms with Gasteiger partial charge in [0.1, 0.15) is 5.75 Å². The van der Waals surface area contributed by atoms with Crippen LogP contribution in [0, 0.1) is 0 Å². The van der Waals surface area contributed by atoms with Crippen LogP contribution in [0.15, 0.2) is 24.3 Å². The van der Waals surface area contributed by atoms with Crippen molar-refractivity contribution in [3.63, 3.8) is 0 Å². The SMILES string of the molecule is COC(=S)NCc1ccc(O)cc1.NC(=O)S. The van der Waals surface area contributed by atoms with E-state index in [4.69, 9.17) is 26.9 Å². The highest BCUT2D eigenvalue weighted by Gasteiger charge is 1.95. The second-order valence-electron chi connectivity index (χ2n) is 2.85. The van der Waals surface area contributed by atoms with Crippen molar-refractivity contribution in [2.24, 2.45) is 5.73 Å². The topological polar surface area (TPSA) is 84.6 Å². The van der Waals surface area contributed by atoms with E-state index in [0.717, 1.165) is 5.56 Å². The van der Waals surface area contributed by atoms with Crippen LogP contribution in [0.25, 0.3) is 0 Å². The molecule has 0 saturated heterocycles. The fraction of sp³-hybridized carbons (Fsp3) is 0.200. The first-order valence-electron chi connectivity index (χ1n) is 4.53. The van der Waals surface area contributed by atoms with E-state index in [-0.39, 0.29) is 5.75 Å². The molecule has 1 aromatic carbocycles. The molecule has 17 heavy (non-hydrogen) atoms. The number of hydrogen-bond acceptors (Lipinski definition) is 4. The molecule has 0 radical (unpaired) electrons. The molecule has 94 valence electrons. The average molecular weight is 274 g/mol. The zero-order valence-corrected chi connectivity index (χ0v) is 10.9. The first kappa shape index (κ1) is 15.5. The van der Waals surface area contributed by atoms with Gasteiger partial charge in [0.15, 0.2) is 0 Å². The van der Waals surface area contributed by atoms with Crippen LogP contribution in [-0.2, 0) is 11.3 Å². The number of primary amides is 1. The summed E-state index contributed by atoms with van der Waals surface area (Å²) in [4.78, 5) is 9.09. The first-order valence-corrected chi connectivity index (χ1v) is 5.39. The Balaban J connectivity index is 0.000000557. The van der Waals surface area contributed by atoms with Crippen molar-refractivity contribution in [3.05, 3.63) is 29.8 Å². The number of nitrogens with one attached hydrogen (secondary N) is 1. The molecule has 1 rings (SSSR count). The number of thiocarbonyl (C=S) groups is 1. The number of ether oxygens (including phenoxy) is 1. The Morgan fingerprint density at radius 2 is 2.00 bits per heavy atom. The van der Waals surface area contributed by atoms with Gasteiger partial charge < -0.3 is 20.9 Å². The smallest absolute Gasteiger partial charge is 0.273 e. The largest absolute Gasteiger partial charge is 0.508 e. The number of thiol groups is 1. The number of nitrogens with two attached hydrogens (primary N) is 1. The van der Waals surface area contributed by atoms with Crippen LogP contribution in [0.4, 0.5) is 4.79 Å². The van der Waals surface area contributed by atoms with E-state index in [2.05, 4.69) is 23.7 Å². The zero-order chi connectivity index (χ0) is 13.3. The Bertz CT molecular complexity index is 364. The van der Waals surface area contributed by atoms with Crippen LogP contribution >= 0.6 is 24.8 Å². The third kappa shape index (κ3) is 9.46. The number of hydrogen-bond donors (Lipinski definition) is 4. The minimum atomic E-state index is -0.639. The molecule has 1 aromatic rings. The summed E-state index contributed by atoms with van der Waals surface area (Å²) in [5.41, 5.74) is 5.38. The highest BCUT2D eigenvalue weighted by Crippen LogP contribution is 2.08. The number of phenolic OH excluding ortho intramolecular Hbond substituents is 1. The Morgan fingerprint density at radius 1 is 1.53 bits per heavy atom. The van der Waals surface area contributed by atoms with E-state index in [1.807, 2.05) is 12.1 Å². The number of aromatic hydroxyl groups is 1. The Hall–Kier alpha value is -1.47. The summed E-state index contributed by atoms with van der Waals surface area (Å²) in [6, 6.07) is 6.90. The first-order chi connectivity index (χ1) is 7.95. The number of amides is 1. The van der Waals surface area contributed by atoms with Crippen molar-refractivity contribution >= 4 is 35.3 Å². The van der Waals surface area contributed by atoms with Gasteiger partial charge in [-0.3, -0.25) is 4.79 Å². The molecule has 7 heteroatoms. The predicted molar refractivity (Wildman–Crippen MR) is 73.1 cm³/mol. The van der Waals surface area contributed by atoms with Gasteiger partial charge in [0.2, 0.25) is 0 Å². The molecule has 0 atom stereocenters. The summed E-state index contributed by atoms with van der Waals surface area (Å²) in [5, 5.41) is 11.6. The summed E-state index contributed by atoms with van der Waals surface area (Å²) in [5.74, 6) is 0.262. The number of benzene rings is 1. The van der Waals surface area contributed by atoms with E-state index in [0.29, 0.717) is 11.7 Å². The lowest BCUT2D eigenvalue weighted by Crippen LogP contribution is -2.21. The van der Waals surface area contributed by atoms with E-state index in [1.54, 1.807) is 12.1 Å². The standard InChI is InChI=1S/C9H11NO2S.CH3NOS/c1-12-9(13)10-6-7-2-4-8(11)5-3-7;2-1(3)4/h2-5,11H,6H2,1H3,(H,10,13);(H3,2,3,4). The van der Waals surface area contributed by atoms with Gasteiger partial charge in [-0.2, -0.15) is 0 Å². The molecule has 0 bridgehead atoms. The normalized spacial score (nSPS) is 8.59. The van der Waals surface area contributed by atoms with Gasteiger partial charge in [-0.15, -0.1) is 0 Å². The van der Waals surface area contributed by atoms with E-state index in [9.17, 15) is 0 Å². The van der Waals surface area contributed by atoms with Crippen molar-refractivity contribution in [2.75, 3.05) is 7.11 Å². The molecule has 0 aliphatic carbocycles. The highest BCUT2D eigenvalue weighted by molar-refractivity contribution is 7.96. The molecule has 4 N–H and O–H groups in total. The van der Waals surface area contributed by atoms with Crippen molar-refractivity contribution in [1.29, 1.82) is 0 Å². The second-order valence-corrected chi connectivity index (χ2v) is 3.66. The molecule has 0 aliphatic heterocycles. The average Bonchev–Trinajstić information content (AvgIpc) is 2.27. The molecule has 0 aliphatic rings. The summed E-state index contributed by atoms with van der Waals surface area (Å²) in [6.45, 7) is 0.604. The summed E-state index contributed by atoms with van der Waals surface area (Å²) >= 11 is 7.90. The minimum absolute atomic E-state index is 0.262. The van der Waals surface area contributed by atoms with E-state index >= 15 is 0 Å². The van der Waals surface area contributed by atoms with Gasteiger partial charge in [0, 0.05) is 6.54 Å². The Morgan fingerprint density at radius 3 is 2.41 bits per heavy atom. The van der Waals surface area contributed by atoms with Crippen molar-refractivity contribution in [2.45, 2.75) is 6.54 Å². The number of rotatable bonds is 2. The van der Waals surface area contributed by atoms with Gasteiger partial charge in [-0.1, -0.05) is 24.8 Å². The summed E-state index contributed by atoms with van der Waals surface area (Å²) in [6.07, 6.45) is 0. The van der Waals surface area contributed by atoms with Crippen LogP contribution in [0.5, 0.6) is 5.75 Å². The summed E-state index contributed by atoms with van der Waals surface area (Å²) in [7, 11) is 1.52. The zero-order valence-electron chi connectivity index (χ0n) is 9.21. The molecular weight excluding hydrogens is 260 g/mol. The van der Waals surface area contributed by atoms with Gasteiger partial charge in [0.25, 0.3) is 10.4 Å². The molecule has 0 saturated carbocycles. The van der Waals surface area contributed by atoms with Crippen LogP contribution in [-0.4, -0.2) is 22.6 Å². The molecule has 0 heterocycles. The molecule has 0 fully saturated rings. The third-order valence-electron chi connectivity index (χ3n) is 1.56. The van der Waals surface area contributed by atoms with E-state index < -0.39 is 5.24 Å². The molecule has 5 nitrogen and oxygen atoms in total. The van der Waals surface area contributed by atoms with Gasteiger partial charge in [-0.05, 0) is 29.9 Å². The summed E-state index contributed by atoms with van der Waals surface area (Å²) < 4.78 is 4.77. The number of carbonyl (C=O) groups excluding carboxylic acids is 1. The predicted octanol–water partition coefficient (Wildman–Crippen LogP) is 1.41.